The van der Waals surface area contributed by atoms with Crippen LogP contribution in [0.5, 0.6) is 5.75 Å². The van der Waals surface area contributed by atoms with Gasteiger partial charge in [0.1, 0.15) is 11.3 Å². The highest BCUT2D eigenvalue weighted by Crippen LogP contribution is 2.24. The average molecular weight is 655 g/mol. The number of nitrogens with zero attached hydrogens (tertiary/aromatic N) is 5. The van der Waals surface area contributed by atoms with Crippen molar-refractivity contribution in [2.45, 2.75) is 6.10 Å². The molecule has 45 heavy (non-hydrogen) atoms. The Morgan fingerprint density at radius 2 is 1.29 bits per heavy atom. The number of amides is 1. The number of thiocarbonyl (C=S) groups is 1. The number of aliphatic hydroxyl groups is 1. The smallest absolute Gasteiger partial charge is 0.339 e. The van der Waals surface area contributed by atoms with Crippen LogP contribution in [0, 0.1) is 0 Å². The third-order valence-corrected chi connectivity index (χ3v) is 6.83. The first-order valence-corrected chi connectivity index (χ1v) is 14.3. The van der Waals surface area contributed by atoms with Crippen molar-refractivity contribution in [3.05, 3.63) is 23.8 Å². The van der Waals surface area contributed by atoms with Crippen molar-refractivity contribution in [1.82, 2.24) is 24.9 Å². The largest absolute Gasteiger partial charge is 0.483 e. The van der Waals surface area contributed by atoms with Gasteiger partial charge in [0.15, 0.2) is 6.61 Å². The van der Waals surface area contributed by atoms with E-state index in [0.717, 1.165) is 0 Å². The lowest BCUT2D eigenvalue weighted by Crippen LogP contribution is -2.50. The van der Waals surface area contributed by atoms with Crippen LogP contribution in [0.4, 0.5) is 5.69 Å². The van der Waals surface area contributed by atoms with Gasteiger partial charge in [-0.25, -0.2) is 4.79 Å². The van der Waals surface area contributed by atoms with E-state index in [0.29, 0.717) is 13.1 Å². The fourth-order valence-corrected chi connectivity index (χ4v) is 4.64. The molecule has 0 bridgehead atoms. The molecule has 1 heterocycles. The molecule has 0 aromatic heterocycles. The number of carboxylic acid groups (broad SMARTS) is 4. The molecule has 1 aromatic carbocycles. The van der Waals surface area contributed by atoms with Gasteiger partial charge in [-0.2, -0.15) is 4.99 Å². The predicted octanol–water partition coefficient (Wildman–Crippen LogP) is -1.55. The van der Waals surface area contributed by atoms with E-state index in [1.165, 1.54) is 18.2 Å². The fraction of sp³-hybridized carbons (Fsp3) is 0.556. The second-order valence-electron chi connectivity index (χ2n) is 10.2. The Kier molecular flexibility index (Phi) is 16.0. The number of benzene rings is 1. The molecule has 0 spiro atoms. The van der Waals surface area contributed by atoms with Crippen molar-refractivity contribution in [3.8, 4) is 5.75 Å². The Bertz CT molecular complexity index is 1210. The van der Waals surface area contributed by atoms with Crippen LogP contribution in [-0.4, -0.2) is 178 Å². The van der Waals surface area contributed by atoms with Crippen molar-refractivity contribution in [2.75, 3.05) is 91.7 Å². The van der Waals surface area contributed by atoms with Crippen LogP contribution in [0.25, 0.3) is 0 Å². The molecular formula is C27H38N6O11S. The standard InChI is InChI=1S/C27H38N6O11S/c34-20(12-28-23(35)17-44-22-2-1-19(29-18-45)11-21(22)27(42)43)13-30-3-5-31(14-24(36)37)7-9-33(16-26(40)41)10-8-32(6-4-30)15-25(38)39/h1-2,11,20,34H,3-10,12-17H2,(H,28,35)(H,36,37)(H,38,39)(H,40,41)(H,42,43). The highest BCUT2D eigenvalue weighted by molar-refractivity contribution is 7.78. The number of aromatic carboxylic acids is 1. The molecule has 1 aliphatic rings. The van der Waals surface area contributed by atoms with E-state index in [1.54, 1.807) is 14.7 Å². The van der Waals surface area contributed by atoms with Gasteiger partial charge in [0.05, 0.1) is 36.6 Å². The number of ether oxygens (including phenoxy) is 1. The molecule has 18 heteroatoms. The van der Waals surface area contributed by atoms with Gasteiger partial charge in [0.25, 0.3) is 5.91 Å². The Labute approximate surface area is 264 Å². The molecule has 1 saturated heterocycles. The minimum atomic E-state index is -1.30. The predicted molar refractivity (Wildman–Crippen MR) is 161 cm³/mol. The minimum absolute atomic E-state index is 0.0660. The Hall–Kier alpha value is -4.03. The highest BCUT2D eigenvalue weighted by Gasteiger charge is 2.22. The molecule has 248 valence electrons. The van der Waals surface area contributed by atoms with Gasteiger partial charge in [0.2, 0.25) is 0 Å². The van der Waals surface area contributed by atoms with Crippen molar-refractivity contribution >= 4 is 52.9 Å². The molecule has 0 radical (unpaired) electrons. The molecule has 1 fully saturated rings. The van der Waals surface area contributed by atoms with Gasteiger partial charge in [-0.15, -0.1) is 0 Å². The molecule has 1 amide bonds. The molecule has 2 rings (SSSR count). The number of carboxylic acids is 4. The highest BCUT2D eigenvalue weighted by atomic mass is 32.1. The fourth-order valence-electron chi connectivity index (χ4n) is 4.53. The maximum atomic E-state index is 12.4. The summed E-state index contributed by atoms with van der Waals surface area (Å²) in [6.07, 6.45) is -1.06. The van der Waals surface area contributed by atoms with Gasteiger partial charge >= 0.3 is 23.9 Å². The van der Waals surface area contributed by atoms with E-state index in [9.17, 15) is 49.5 Å². The molecule has 1 aromatic rings. The van der Waals surface area contributed by atoms with E-state index >= 15 is 0 Å². The summed E-state index contributed by atoms with van der Waals surface area (Å²) in [5, 5.41) is 52.7. The molecule has 6 N–H and O–H groups in total. The van der Waals surface area contributed by atoms with Crippen LogP contribution in [0.1, 0.15) is 10.4 Å². The number of nitrogens with one attached hydrogen (secondary N) is 1. The summed E-state index contributed by atoms with van der Waals surface area (Å²) in [6, 6.07) is 4.00. The zero-order valence-corrected chi connectivity index (χ0v) is 25.4. The first-order chi connectivity index (χ1) is 21.4. The summed E-state index contributed by atoms with van der Waals surface area (Å²) in [4.78, 5) is 68.6. The summed E-state index contributed by atoms with van der Waals surface area (Å²) >= 11 is 4.52. The van der Waals surface area contributed by atoms with E-state index in [1.807, 2.05) is 4.90 Å². The number of carbonyl (C=O) groups excluding carboxylic acids is 1. The van der Waals surface area contributed by atoms with Crippen molar-refractivity contribution in [2.24, 2.45) is 4.99 Å². The van der Waals surface area contributed by atoms with Crippen LogP contribution in [0.15, 0.2) is 23.2 Å². The second kappa shape index (κ2) is 19.4. The zero-order chi connectivity index (χ0) is 33.4. The minimum Gasteiger partial charge on any atom is -0.483 e. The van der Waals surface area contributed by atoms with Gasteiger partial charge < -0.3 is 35.6 Å². The third kappa shape index (κ3) is 15.0. The van der Waals surface area contributed by atoms with Crippen LogP contribution in [0.2, 0.25) is 0 Å². The Balaban J connectivity index is 2.01. The number of hydrogen-bond acceptors (Lipinski definition) is 13. The third-order valence-electron chi connectivity index (χ3n) is 6.74. The summed E-state index contributed by atoms with van der Waals surface area (Å²) in [6.45, 7) is 0.764. The van der Waals surface area contributed by atoms with Crippen LogP contribution >= 0.6 is 12.2 Å². The quantitative estimate of drug-likeness (QED) is 0.0928. The van der Waals surface area contributed by atoms with E-state index in [-0.39, 0.29) is 89.0 Å². The molecule has 0 aliphatic carbocycles. The number of carbonyl (C=O) groups is 5. The van der Waals surface area contributed by atoms with Gasteiger partial charge in [0, 0.05) is 65.4 Å². The Morgan fingerprint density at radius 3 is 1.71 bits per heavy atom. The monoisotopic (exact) mass is 654 g/mol. The number of isothiocyanates is 1. The molecule has 1 unspecified atom stereocenters. The maximum absolute atomic E-state index is 12.4. The number of rotatable bonds is 15. The molecular weight excluding hydrogens is 616 g/mol. The van der Waals surface area contributed by atoms with Crippen molar-refractivity contribution in [3.63, 3.8) is 0 Å². The molecule has 0 saturated carbocycles. The number of aliphatic carboxylic acids is 3. The summed E-state index contributed by atoms with van der Waals surface area (Å²) in [7, 11) is 0. The lowest BCUT2D eigenvalue weighted by Gasteiger charge is -2.33. The van der Waals surface area contributed by atoms with Crippen molar-refractivity contribution < 1.29 is 54.2 Å². The van der Waals surface area contributed by atoms with Gasteiger partial charge in [-0.3, -0.25) is 38.8 Å². The van der Waals surface area contributed by atoms with Crippen molar-refractivity contribution in [1.29, 1.82) is 0 Å². The first kappa shape index (κ1) is 37.2. The van der Waals surface area contributed by atoms with E-state index < -0.39 is 42.5 Å². The average Bonchev–Trinajstić information content (AvgIpc) is 2.96. The van der Waals surface area contributed by atoms with E-state index in [4.69, 9.17) is 4.74 Å². The maximum Gasteiger partial charge on any atom is 0.339 e. The number of β-amino-alcohol motifs (C(OH)–C–C–N with tert-alkyl or cyclic N) is 1. The summed E-state index contributed by atoms with van der Waals surface area (Å²) in [5.41, 5.74) is 0.0227. The van der Waals surface area contributed by atoms with Crippen LogP contribution in [-0.2, 0) is 19.2 Å². The molecule has 1 aliphatic heterocycles. The lowest BCUT2D eigenvalue weighted by molar-refractivity contribution is -0.140. The topological polar surface area (TPSA) is 233 Å². The van der Waals surface area contributed by atoms with Gasteiger partial charge in [-0.1, -0.05) is 0 Å². The zero-order valence-electron chi connectivity index (χ0n) is 24.5. The SMILES string of the molecule is O=C(O)CN1CCN(CC(=O)O)CCN(CC(O)CNC(=O)COc2ccc(N=C=S)cc2C(=O)O)CCN(CC(=O)O)CC1. The van der Waals surface area contributed by atoms with Gasteiger partial charge in [-0.05, 0) is 30.4 Å². The van der Waals surface area contributed by atoms with Crippen LogP contribution in [0.3, 0.4) is 0 Å². The Morgan fingerprint density at radius 1 is 0.822 bits per heavy atom. The van der Waals surface area contributed by atoms with E-state index in [2.05, 4.69) is 27.7 Å². The summed E-state index contributed by atoms with van der Waals surface area (Å²) < 4.78 is 5.35. The van der Waals surface area contributed by atoms with Crippen LogP contribution < -0.4 is 10.1 Å². The second-order valence-corrected chi connectivity index (χ2v) is 10.4. The first-order valence-electron chi connectivity index (χ1n) is 13.9. The molecule has 17 nitrogen and oxygen atoms in total. The summed E-state index contributed by atoms with van der Waals surface area (Å²) in [5.74, 6) is -5.13. The molecule has 1 atom stereocenters. The lowest BCUT2D eigenvalue weighted by atomic mass is 10.2. The normalized spacial score (nSPS) is 16.7. The number of aliphatic imine (C=N–C) groups is 1. The number of aliphatic hydroxyl groups excluding tert-OH is 1. The number of hydrogen-bond donors (Lipinski definition) is 6.